The van der Waals surface area contributed by atoms with Gasteiger partial charge in [0.15, 0.2) is 0 Å². The van der Waals surface area contributed by atoms with E-state index in [1.54, 1.807) is 0 Å². The molecule has 0 saturated carbocycles. The highest BCUT2D eigenvalue weighted by Crippen LogP contribution is 2.15. The molecule has 0 aliphatic rings. The SMILES string of the molecule is CN(C)C(N=O)(N=O)N=O. The topological polar surface area (TPSA) is 91.5 Å². The third-order valence-electron chi connectivity index (χ3n) is 0.967. The molecular weight excluding hydrogens is 140 g/mol. The van der Waals surface area contributed by atoms with Crippen molar-refractivity contribution in [1.82, 2.24) is 4.90 Å². The van der Waals surface area contributed by atoms with Crippen molar-refractivity contribution in [2.75, 3.05) is 14.1 Å². The molecule has 0 heterocycles. The maximum atomic E-state index is 9.85. The largest absolute Gasteiger partial charge is 0.417 e. The third kappa shape index (κ3) is 1.18. The molecule has 0 bridgehead atoms. The first kappa shape index (κ1) is 8.76. The van der Waals surface area contributed by atoms with E-state index in [4.69, 9.17) is 0 Å². The highest BCUT2D eigenvalue weighted by Gasteiger charge is 2.37. The Morgan fingerprint density at radius 3 is 1.30 bits per heavy atom. The summed E-state index contributed by atoms with van der Waals surface area (Å²) in [6.07, 6.45) is 0. The van der Waals surface area contributed by atoms with E-state index in [9.17, 15) is 14.7 Å². The van der Waals surface area contributed by atoms with Crippen molar-refractivity contribution >= 4 is 0 Å². The summed E-state index contributed by atoms with van der Waals surface area (Å²) in [7, 11) is 2.59. The van der Waals surface area contributed by atoms with Crippen LogP contribution in [0.5, 0.6) is 0 Å². The van der Waals surface area contributed by atoms with Crippen LogP contribution in [0, 0.1) is 14.7 Å². The molecule has 0 spiro atoms. The van der Waals surface area contributed by atoms with Crippen molar-refractivity contribution in [1.29, 1.82) is 0 Å². The molecule has 0 saturated heterocycles. The van der Waals surface area contributed by atoms with Gasteiger partial charge in [0.05, 0.1) is 0 Å². The highest BCUT2D eigenvalue weighted by molar-refractivity contribution is 4.77. The molecule has 0 fully saturated rings. The van der Waals surface area contributed by atoms with E-state index in [-0.39, 0.29) is 0 Å². The average Bonchev–Trinajstić information content (AvgIpc) is 1.92. The molecule has 7 nitrogen and oxygen atoms in total. The number of hydrogen-bond acceptors (Lipinski definition) is 7. The predicted octanol–water partition coefficient (Wildman–Crippen LogP) is 0.458. The van der Waals surface area contributed by atoms with Gasteiger partial charge in [-0.2, -0.15) is 0 Å². The van der Waals surface area contributed by atoms with Crippen molar-refractivity contribution in [3.63, 3.8) is 0 Å². The van der Waals surface area contributed by atoms with Crippen LogP contribution >= 0.6 is 0 Å². The molecule has 0 aromatic heterocycles. The smallest absolute Gasteiger partial charge is 0.239 e. The molecule has 0 aliphatic heterocycles. The van der Waals surface area contributed by atoms with Crippen LogP contribution in [0.2, 0.25) is 0 Å². The van der Waals surface area contributed by atoms with Gasteiger partial charge in [0.25, 0.3) is 0 Å². The summed E-state index contributed by atoms with van der Waals surface area (Å²) in [5.41, 5.74) is 0. The Balaban J connectivity index is 4.62. The first-order valence-electron chi connectivity index (χ1n) is 2.34. The molecule has 10 heavy (non-hydrogen) atoms. The second-order valence-electron chi connectivity index (χ2n) is 1.77. The number of nitrogens with zero attached hydrogens (tertiary/aromatic N) is 4. The number of rotatable bonds is 4. The molecule has 0 aliphatic carbocycles. The van der Waals surface area contributed by atoms with Crippen LogP contribution in [0.15, 0.2) is 15.5 Å². The van der Waals surface area contributed by atoms with Gasteiger partial charge in [-0.05, 0) is 14.1 Å². The quantitative estimate of drug-likeness (QED) is 0.538. The first-order chi connectivity index (χ1) is 4.63. The minimum Gasteiger partial charge on any atom is -0.239 e. The Hall–Kier alpha value is -1.24. The Labute approximate surface area is 56.3 Å². The fraction of sp³-hybridized carbons (Fsp3) is 1.00. The van der Waals surface area contributed by atoms with E-state index in [0.717, 1.165) is 4.90 Å². The Kier molecular flexibility index (Phi) is 2.68. The fourth-order valence-corrected chi connectivity index (χ4v) is 0.295. The normalized spacial score (nSPS) is 11.1. The Bertz CT molecular complexity index is 134. The first-order valence-corrected chi connectivity index (χ1v) is 2.34. The summed E-state index contributed by atoms with van der Waals surface area (Å²) in [6, 6.07) is 0. The summed E-state index contributed by atoms with van der Waals surface area (Å²) in [6.45, 7) is 0. The average molecular weight is 146 g/mol. The molecule has 0 N–H and O–H groups in total. The minimum atomic E-state index is -2.33. The van der Waals surface area contributed by atoms with Crippen LogP contribution in [0.4, 0.5) is 0 Å². The van der Waals surface area contributed by atoms with E-state index >= 15 is 0 Å². The van der Waals surface area contributed by atoms with E-state index in [1.165, 1.54) is 14.1 Å². The summed E-state index contributed by atoms with van der Waals surface area (Å²) in [4.78, 5) is 30.5. The van der Waals surface area contributed by atoms with Crippen molar-refractivity contribution < 1.29 is 0 Å². The van der Waals surface area contributed by atoms with E-state index in [2.05, 4.69) is 15.5 Å². The number of nitroso groups, excluding NO2 is 3. The van der Waals surface area contributed by atoms with Crippen LogP contribution in [-0.2, 0) is 0 Å². The van der Waals surface area contributed by atoms with Crippen LogP contribution in [0.3, 0.4) is 0 Å². The summed E-state index contributed by atoms with van der Waals surface area (Å²) < 4.78 is 0. The molecule has 0 atom stereocenters. The standard InChI is InChI=1S/C3H6N4O3/c1-7(2)3(4-8,5-9)6-10/h1-2H3. The molecule has 0 unspecified atom stereocenters. The second kappa shape index (κ2) is 3.06. The van der Waals surface area contributed by atoms with E-state index in [1.807, 2.05) is 0 Å². The molecule has 7 heteroatoms. The maximum Gasteiger partial charge on any atom is 0.417 e. The summed E-state index contributed by atoms with van der Waals surface area (Å²) in [5, 5.41) is 6.52. The van der Waals surface area contributed by atoms with Crippen LogP contribution in [0.25, 0.3) is 0 Å². The van der Waals surface area contributed by atoms with Crippen LogP contribution in [-0.4, -0.2) is 24.9 Å². The van der Waals surface area contributed by atoms with Gasteiger partial charge in [0.1, 0.15) is 0 Å². The molecule has 0 radical (unpaired) electrons. The summed E-state index contributed by atoms with van der Waals surface area (Å²) in [5.74, 6) is -2.33. The Morgan fingerprint density at radius 1 is 1.00 bits per heavy atom. The predicted molar refractivity (Wildman–Crippen MR) is 33.8 cm³/mol. The van der Waals surface area contributed by atoms with Gasteiger partial charge in [0, 0.05) is 15.5 Å². The maximum absolute atomic E-state index is 9.85. The lowest BCUT2D eigenvalue weighted by Gasteiger charge is -2.16. The number of hydrogen-bond donors (Lipinski definition) is 0. The second-order valence-corrected chi connectivity index (χ2v) is 1.77. The van der Waals surface area contributed by atoms with Gasteiger partial charge < -0.3 is 0 Å². The van der Waals surface area contributed by atoms with Gasteiger partial charge in [0.2, 0.25) is 0 Å². The van der Waals surface area contributed by atoms with Gasteiger partial charge in [-0.25, -0.2) is 4.90 Å². The molecule has 56 valence electrons. The Morgan fingerprint density at radius 2 is 1.30 bits per heavy atom. The van der Waals surface area contributed by atoms with Crippen LogP contribution in [0.1, 0.15) is 0 Å². The molecular formula is C3H6N4O3. The lowest BCUT2D eigenvalue weighted by Crippen LogP contribution is -2.37. The van der Waals surface area contributed by atoms with Gasteiger partial charge in [-0.3, -0.25) is 0 Å². The zero-order chi connectivity index (χ0) is 8.20. The minimum absolute atomic E-state index is 0.917. The van der Waals surface area contributed by atoms with Crippen molar-refractivity contribution in [2.45, 2.75) is 5.91 Å². The van der Waals surface area contributed by atoms with Crippen molar-refractivity contribution in [2.24, 2.45) is 15.5 Å². The third-order valence-corrected chi connectivity index (χ3v) is 0.967. The van der Waals surface area contributed by atoms with Crippen molar-refractivity contribution in [3.05, 3.63) is 14.7 Å². The lowest BCUT2D eigenvalue weighted by molar-refractivity contribution is 0.176. The lowest BCUT2D eigenvalue weighted by atomic mass is 10.6. The summed E-state index contributed by atoms with van der Waals surface area (Å²) >= 11 is 0. The van der Waals surface area contributed by atoms with E-state index in [0.29, 0.717) is 0 Å². The zero-order valence-corrected chi connectivity index (χ0v) is 5.51. The van der Waals surface area contributed by atoms with E-state index < -0.39 is 5.91 Å². The molecule has 0 aromatic carbocycles. The van der Waals surface area contributed by atoms with Gasteiger partial charge in [-0.15, -0.1) is 14.7 Å². The monoisotopic (exact) mass is 146 g/mol. The molecule has 0 aromatic rings. The van der Waals surface area contributed by atoms with Crippen LogP contribution < -0.4 is 0 Å². The van der Waals surface area contributed by atoms with Crippen molar-refractivity contribution in [3.8, 4) is 0 Å². The van der Waals surface area contributed by atoms with Gasteiger partial charge >= 0.3 is 5.91 Å². The zero-order valence-electron chi connectivity index (χ0n) is 5.51. The molecule has 0 rings (SSSR count). The fourth-order valence-electron chi connectivity index (χ4n) is 0.295. The molecule has 0 amide bonds. The van der Waals surface area contributed by atoms with Gasteiger partial charge in [-0.1, -0.05) is 0 Å². The highest BCUT2D eigenvalue weighted by atomic mass is 16.3.